The Bertz CT molecular complexity index is 146. The lowest BCUT2D eigenvalue weighted by molar-refractivity contribution is 0.847. The van der Waals surface area contributed by atoms with Crippen LogP contribution in [0.15, 0.2) is 10.1 Å². The fourth-order valence-electron chi connectivity index (χ4n) is 0.442. The Morgan fingerprint density at radius 3 is 1.75 bits per heavy atom. The van der Waals surface area contributed by atoms with Gasteiger partial charge in [-0.2, -0.15) is 0 Å². The van der Waals surface area contributed by atoms with Crippen molar-refractivity contribution in [3.63, 3.8) is 0 Å². The van der Waals surface area contributed by atoms with Crippen LogP contribution in [0.4, 0.5) is 0 Å². The van der Waals surface area contributed by atoms with Crippen LogP contribution in [0.1, 0.15) is 6.42 Å². The quantitative estimate of drug-likeness (QED) is 0.516. The summed E-state index contributed by atoms with van der Waals surface area (Å²) in [6.45, 7) is 0. The Kier molecular flexibility index (Phi) is 1.71. The summed E-state index contributed by atoms with van der Waals surface area (Å²) in [5.74, 6) is 0. The Balaban J connectivity index is 2.80. The molecule has 1 aliphatic rings. The number of hydrogen-bond acceptors (Lipinski definition) is 0. The highest BCUT2D eigenvalue weighted by Crippen LogP contribution is 2.50. The molecule has 0 N–H and O–H groups in total. The molecule has 0 unspecified atom stereocenters. The minimum absolute atomic E-state index is 0.363. The van der Waals surface area contributed by atoms with E-state index in [1.807, 2.05) is 0 Å². The van der Waals surface area contributed by atoms with Gasteiger partial charge in [-0.15, -0.1) is 0 Å². The molecule has 4 heteroatoms. The van der Waals surface area contributed by atoms with Gasteiger partial charge in [-0.1, -0.05) is 46.4 Å². The summed E-state index contributed by atoms with van der Waals surface area (Å²) in [6, 6.07) is 0. The lowest BCUT2D eigenvalue weighted by Crippen LogP contribution is -2.23. The molecule has 0 bridgehead atoms. The summed E-state index contributed by atoms with van der Waals surface area (Å²) >= 11 is 22.0. The Hall–Kier alpha value is 0.900. The van der Waals surface area contributed by atoms with E-state index in [9.17, 15) is 0 Å². The van der Waals surface area contributed by atoms with Crippen molar-refractivity contribution in [2.75, 3.05) is 0 Å². The second-order valence-corrected chi connectivity index (χ2v) is 3.92. The van der Waals surface area contributed by atoms with E-state index in [0.29, 0.717) is 16.5 Å². The molecule has 0 aromatic carbocycles. The largest absolute Gasteiger partial charge is 0.159 e. The molecule has 0 radical (unpaired) electrons. The molecule has 1 rings (SSSR count). The Morgan fingerprint density at radius 1 is 1.25 bits per heavy atom. The average molecular weight is 192 g/mol. The summed E-state index contributed by atoms with van der Waals surface area (Å²) < 4.78 is -0.890. The monoisotopic (exact) mass is 190 g/mol. The molecule has 0 spiro atoms. The summed E-state index contributed by atoms with van der Waals surface area (Å²) in [6.07, 6.45) is 0.469. The van der Waals surface area contributed by atoms with Crippen molar-refractivity contribution in [2.45, 2.75) is 10.8 Å². The number of hydrogen-bond donors (Lipinski definition) is 0. The zero-order valence-electron chi connectivity index (χ0n) is 3.72. The summed E-state index contributed by atoms with van der Waals surface area (Å²) in [7, 11) is 0. The van der Waals surface area contributed by atoms with Crippen LogP contribution in [-0.4, -0.2) is 4.33 Å². The number of rotatable bonds is 0. The predicted molar refractivity (Wildman–Crippen MR) is 37.8 cm³/mol. The summed E-state index contributed by atoms with van der Waals surface area (Å²) in [5.41, 5.74) is 0. The average Bonchev–Trinajstić information content (AvgIpc) is 1.65. The van der Waals surface area contributed by atoms with E-state index >= 15 is 0 Å². The highest BCUT2D eigenvalue weighted by Gasteiger charge is 2.40. The van der Waals surface area contributed by atoms with Gasteiger partial charge in [0.05, 0.1) is 5.03 Å². The van der Waals surface area contributed by atoms with Crippen molar-refractivity contribution in [1.29, 1.82) is 0 Å². The predicted octanol–water partition coefficient (Wildman–Crippen LogP) is 3.25. The molecule has 8 heavy (non-hydrogen) atoms. The molecular formula is C4H2Cl4. The molecular weight excluding hydrogens is 190 g/mol. The van der Waals surface area contributed by atoms with Crippen LogP contribution >= 0.6 is 46.4 Å². The molecule has 0 heterocycles. The third-order valence-corrected chi connectivity index (χ3v) is 2.75. The van der Waals surface area contributed by atoms with Gasteiger partial charge in [0.25, 0.3) is 0 Å². The van der Waals surface area contributed by atoms with Crippen molar-refractivity contribution < 1.29 is 0 Å². The minimum Gasteiger partial charge on any atom is -0.0949 e. The van der Waals surface area contributed by atoms with Gasteiger partial charge in [0, 0.05) is 11.5 Å². The molecule has 0 aromatic rings. The molecule has 0 saturated heterocycles. The summed E-state index contributed by atoms with van der Waals surface area (Å²) in [4.78, 5) is 0. The number of halogens is 4. The fourth-order valence-corrected chi connectivity index (χ4v) is 1.67. The zero-order valence-corrected chi connectivity index (χ0v) is 6.74. The first-order valence-corrected chi connectivity index (χ1v) is 3.47. The van der Waals surface area contributed by atoms with Gasteiger partial charge < -0.3 is 0 Å². The van der Waals surface area contributed by atoms with Crippen LogP contribution in [-0.2, 0) is 0 Å². The zero-order chi connectivity index (χ0) is 6.36. The van der Waals surface area contributed by atoms with E-state index in [1.54, 1.807) is 0 Å². The highest BCUT2D eigenvalue weighted by molar-refractivity contribution is 6.60. The number of alkyl halides is 2. The molecule has 0 aromatic heterocycles. The van der Waals surface area contributed by atoms with E-state index in [4.69, 9.17) is 46.4 Å². The molecule has 0 aliphatic heterocycles. The van der Waals surface area contributed by atoms with Gasteiger partial charge in [0.15, 0.2) is 4.33 Å². The lowest BCUT2D eigenvalue weighted by atomic mass is 10.1. The number of allylic oxidation sites excluding steroid dienone is 2. The van der Waals surface area contributed by atoms with Crippen LogP contribution in [0.2, 0.25) is 0 Å². The van der Waals surface area contributed by atoms with E-state index in [0.717, 1.165) is 0 Å². The second-order valence-electron chi connectivity index (χ2n) is 1.60. The fraction of sp³-hybridized carbons (Fsp3) is 0.500. The van der Waals surface area contributed by atoms with Gasteiger partial charge in [-0.05, 0) is 0 Å². The second kappa shape index (κ2) is 1.95. The molecule has 0 atom stereocenters. The van der Waals surface area contributed by atoms with Crippen LogP contribution in [0, 0.1) is 0 Å². The Labute approximate surface area is 67.4 Å². The van der Waals surface area contributed by atoms with Crippen LogP contribution < -0.4 is 0 Å². The van der Waals surface area contributed by atoms with Crippen LogP contribution in [0.25, 0.3) is 0 Å². The van der Waals surface area contributed by atoms with Crippen LogP contribution in [0.5, 0.6) is 0 Å². The van der Waals surface area contributed by atoms with Crippen molar-refractivity contribution in [1.82, 2.24) is 0 Å². The smallest absolute Gasteiger partial charge is 0.0949 e. The van der Waals surface area contributed by atoms with E-state index in [1.165, 1.54) is 0 Å². The normalized spacial score (nSPS) is 25.5. The lowest BCUT2D eigenvalue weighted by Gasteiger charge is -2.28. The third kappa shape index (κ3) is 0.950. The van der Waals surface area contributed by atoms with Crippen LogP contribution in [0.3, 0.4) is 0 Å². The van der Waals surface area contributed by atoms with Crippen molar-refractivity contribution >= 4 is 46.4 Å². The van der Waals surface area contributed by atoms with Gasteiger partial charge in [-0.25, -0.2) is 0 Å². The van der Waals surface area contributed by atoms with Crippen molar-refractivity contribution in [3.05, 3.63) is 10.1 Å². The Morgan fingerprint density at radius 2 is 1.75 bits per heavy atom. The van der Waals surface area contributed by atoms with E-state index < -0.39 is 4.33 Å². The maximum atomic E-state index is 5.54. The molecule has 0 nitrogen and oxygen atoms in total. The first-order valence-electron chi connectivity index (χ1n) is 1.96. The van der Waals surface area contributed by atoms with Crippen molar-refractivity contribution in [2.24, 2.45) is 0 Å². The van der Waals surface area contributed by atoms with Gasteiger partial charge in [-0.3, -0.25) is 0 Å². The SMILES string of the molecule is ClC1=C(Cl)C(Cl)(Cl)C1. The highest BCUT2D eigenvalue weighted by atomic mass is 35.5. The molecule has 46 valence electrons. The maximum absolute atomic E-state index is 5.54. The molecule has 0 amide bonds. The minimum atomic E-state index is -0.890. The van der Waals surface area contributed by atoms with Crippen molar-refractivity contribution in [3.8, 4) is 0 Å². The molecule has 0 fully saturated rings. The third-order valence-electron chi connectivity index (χ3n) is 0.937. The topological polar surface area (TPSA) is 0 Å². The summed E-state index contributed by atoms with van der Waals surface area (Å²) in [5, 5.41) is 0.930. The van der Waals surface area contributed by atoms with Gasteiger partial charge >= 0.3 is 0 Å². The standard InChI is InChI=1S/C4H2Cl4/c5-2-1-4(7,8)3(2)6/h1H2. The van der Waals surface area contributed by atoms with Gasteiger partial charge in [0.2, 0.25) is 0 Å². The maximum Gasteiger partial charge on any atom is 0.159 e. The van der Waals surface area contributed by atoms with Gasteiger partial charge in [0.1, 0.15) is 0 Å². The first kappa shape index (κ1) is 7.01. The molecule has 0 saturated carbocycles. The van der Waals surface area contributed by atoms with E-state index in [2.05, 4.69) is 0 Å². The first-order chi connectivity index (χ1) is 3.54. The van der Waals surface area contributed by atoms with E-state index in [-0.39, 0.29) is 0 Å². The molecule has 1 aliphatic carbocycles.